The molecule has 1 spiro atoms. The number of primary amides is 2. The highest BCUT2D eigenvalue weighted by atomic mass is 16.5. The molecule has 7 heteroatoms. The first-order valence-electron chi connectivity index (χ1n) is 13.6. The molecule has 2 saturated carbocycles. The average Bonchev–Trinajstić information content (AvgIpc) is 3.24. The molecule has 1 saturated heterocycles. The van der Waals surface area contributed by atoms with E-state index in [0.29, 0.717) is 30.8 Å². The van der Waals surface area contributed by atoms with Crippen molar-refractivity contribution in [2.45, 2.75) is 57.8 Å². The number of amides is 2. The molecule has 3 fully saturated rings. The lowest BCUT2D eigenvalue weighted by atomic mass is 9.53. The van der Waals surface area contributed by atoms with E-state index < -0.39 is 10.8 Å². The van der Waals surface area contributed by atoms with E-state index in [2.05, 4.69) is 17.1 Å². The van der Waals surface area contributed by atoms with Gasteiger partial charge in [0, 0.05) is 0 Å². The summed E-state index contributed by atoms with van der Waals surface area (Å²) in [5.41, 5.74) is 11.7. The Labute approximate surface area is 214 Å². The highest BCUT2D eigenvalue weighted by molar-refractivity contribution is 5.95. The molecule has 3 aliphatic carbocycles. The van der Waals surface area contributed by atoms with Crippen LogP contribution in [0.1, 0.15) is 56.9 Å². The Morgan fingerprint density at radius 3 is 2.08 bits per heavy atom. The van der Waals surface area contributed by atoms with Crippen LogP contribution in [0.2, 0.25) is 0 Å². The third-order valence-corrected chi connectivity index (χ3v) is 10.0. The molecule has 1 aromatic carbocycles. The van der Waals surface area contributed by atoms with Crippen LogP contribution in [0.25, 0.3) is 0 Å². The van der Waals surface area contributed by atoms with Crippen molar-refractivity contribution in [1.82, 2.24) is 4.90 Å². The zero-order chi connectivity index (χ0) is 25.6. The SMILES string of the molecule is COc1ccc(CC[C@@]2(C(N)=O)[C@H]3C=C[C@H](C34CC4)[C@@]2(CCCCN2CCCC2)C(N)=O)cc1OC. The molecule has 2 bridgehead atoms. The third-order valence-electron chi connectivity index (χ3n) is 10.0. The first-order chi connectivity index (χ1) is 17.4. The summed E-state index contributed by atoms with van der Waals surface area (Å²) in [6.45, 7) is 3.36. The van der Waals surface area contributed by atoms with Gasteiger partial charge in [0.25, 0.3) is 0 Å². The second-order valence-electron chi connectivity index (χ2n) is 11.4. The number of ether oxygens (including phenoxy) is 2. The van der Waals surface area contributed by atoms with Crippen molar-refractivity contribution in [1.29, 1.82) is 0 Å². The van der Waals surface area contributed by atoms with Gasteiger partial charge < -0.3 is 25.8 Å². The molecular weight excluding hydrogens is 454 g/mol. The van der Waals surface area contributed by atoms with Crippen LogP contribution < -0.4 is 20.9 Å². The van der Waals surface area contributed by atoms with Gasteiger partial charge in [0.05, 0.1) is 25.0 Å². The van der Waals surface area contributed by atoms with E-state index in [1.165, 1.54) is 12.8 Å². The van der Waals surface area contributed by atoms with E-state index in [4.69, 9.17) is 20.9 Å². The Morgan fingerprint density at radius 2 is 1.53 bits per heavy atom. The highest BCUT2D eigenvalue weighted by Crippen LogP contribution is 2.81. The van der Waals surface area contributed by atoms with Crippen molar-refractivity contribution < 1.29 is 19.1 Å². The number of carbonyl (C=O) groups is 2. The summed E-state index contributed by atoms with van der Waals surface area (Å²) in [7, 11) is 3.23. The lowest BCUT2D eigenvalue weighted by Crippen LogP contribution is -2.59. The monoisotopic (exact) mass is 495 g/mol. The van der Waals surface area contributed by atoms with Gasteiger partial charge in [-0.3, -0.25) is 9.59 Å². The Hall–Kier alpha value is -2.54. The maximum absolute atomic E-state index is 13.6. The fourth-order valence-electron chi connectivity index (χ4n) is 8.30. The van der Waals surface area contributed by atoms with Crippen LogP contribution in [-0.4, -0.2) is 50.6 Å². The van der Waals surface area contributed by atoms with Gasteiger partial charge >= 0.3 is 0 Å². The molecule has 4 N–H and O–H groups in total. The van der Waals surface area contributed by atoms with E-state index in [0.717, 1.165) is 50.9 Å². The standard InChI is InChI=1S/C29H41N3O4/c1-35-21-8-7-20(19-22(21)36-2)11-13-29(26(31)34)24-10-9-23(27(24)14-15-27)28(29,25(30)33)12-3-4-16-32-17-5-6-18-32/h7-10,19,23-24H,3-6,11-18H2,1-2H3,(H2,30,33)(H2,31,34)/t23-,24+,28+,29+/m1/s1. The van der Waals surface area contributed by atoms with Crippen LogP contribution in [-0.2, 0) is 16.0 Å². The fourth-order valence-corrected chi connectivity index (χ4v) is 8.30. The molecule has 0 radical (unpaired) electrons. The van der Waals surface area contributed by atoms with Gasteiger partial charge in [0.2, 0.25) is 11.8 Å². The van der Waals surface area contributed by atoms with Gasteiger partial charge in [0.15, 0.2) is 11.5 Å². The minimum atomic E-state index is -0.977. The lowest BCUT2D eigenvalue weighted by molar-refractivity contribution is -0.152. The van der Waals surface area contributed by atoms with Crippen molar-refractivity contribution in [2.75, 3.05) is 33.9 Å². The minimum Gasteiger partial charge on any atom is -0.493 e. The summed E-state index contributed by atoms with van der Waals surface area (Å²) in [6, 6.07) is 5.83. The van der Waals surface area contributed by atoms with Crippen LogP contribution >= 0.6 is 0 Å². The molecule has 36 heavy (non-hydrogen) atoms. The van der Waals surface area contributed by atoms with Crippen LogP contribution in [0.3, 0.4) is 0 Å². The number of aryl methyl sites for hydroxylation is 1. The van der Waals surface area contributed by atoms with Crippen LogP contribution in [0.5, 0.6) is 11.5 Å². The van der Waals surface area contributed by atoms with Crippen LogP contribution in [0.15, 0.2) is 30.4 Å². The van der Waals surface area contributed by atoms with Crippen LogP contribution in [0.4, 0.5) is 0 Å². The number of methoxy groups -OCH3 is 2. The molecule has 1 aliphatic heterocycles. The molecule has 0 unspecified atom stereocenters. The smallest absolute Gasteiger partial charge is 0.225 e. The molecule has 1 heterocycles. The summed E-state index contributed by atoms with van der Waals surface area (Å²) in [5, 5.41) is 0. The van der Waals surface area contributed by atoms with Crippen LogP contribution in [0, 0.1) is 28.1 Å². The maximum Gasteiger partial charge on any atom is 0.225 e. The first-order valence-corrected chi connectivity index (χ1v) is 13.6. The molecule has 4 aliphatic rings. The van der Waals surface area contributed by atoms with E-state index in [-0.39, 0.29) is 29.1 Å². The number of rotatable bonds is 12. The van der Waals surface area contributed by atoms with Crippen molar-refractivity contribution in [3.8, 4) is 11.5 Å². The summed E-state index contributed by atoms with van der Waals surface area (Å²) >= 11 is 0. The predicted molar refractivity (Wildman–Crippen MR) is 138 cm³/mol. The summed E-state index contributed by atoms with van der Waals surface area (Å²) < 4.78 is 10.9. The first kappa shape index (κ1) is 25.1. The largest absolute Gasteiger partial charge is 0.493 e. The van der Waals surface area contributed by atoms with Crippen molar-refractivity contribution in [3.63, 3.8) is 0 Å². The normalized spacial score (nSPS) is 31.7. The number of hydrogen-bond donors (Lipinski definition) is 2. The van der Waals surface area contributed by atoms with Crippen molar-refractivity contribution in [2.24, 2.45) is 39.5 Å². The summed E-state index contributed by atoms with van der Waals surface area (Å²) in [5.74, 6) is 0.561. The fraction of sp³-hybridized carbons (Fsp3) is 0.655. The van der Waals surface area contributed by atoms with Gasteiger partial charge in [-0.15, -0.1) is 0 Å². The topological polar surface area (TPSA) is 108 Å². The zero-order valence-corrected chi connectivity index (χ0v) is 21.8. The highest BCUT2D eigenvalue weighted by Gasteiger charge is 2.81. The van der Waals surface area contributed by atoms with Gasteiger partial charge in [0.1, 0.15) is 0 Å². The molecule has 196 valence electrons. The zero-order valence-electron chi connectivity index (χ0n) is 21.8. The molecule has 4 atom stereocenters. The number of nitrogens with two attached hydrogens (primary N) is 2. The van der Waals surface area contributed by atoms with E-state index in [1.807, 2.05) is 18.2 Å². The summed E-state index contributed by atoms with van der Waals surface area (Å²) in [6.07, 6.45) is 12.6. The van der Waals surface area contributed by atoms with E-state index in [9.17, 15) is 9.59 Å². The maximum atomic E-state index is 13.6. The Kier molecular flexibility index (Phi) is 6.56. The van der Waals surface area contributed by atoms with Gasteiger partial charge in [-0.1, -0.05) is 24.6 Å². The Morgan fingerprint density at radius 1 is 0.917 bits per heavy atom. The van der Waals surface area contributed by atoms with Crippen molar-refractivity contribution >= 4 is 11.8 Å². The molecule has 0 aromatic heterocycles. The molecule has 1 aromatic rings. The van der Waals surface area contributed by atoms with Gasteiger partial charge in [-0.05, 0) is 106 Å². The average molecular weight is 496 g/mol. The molecule has 5 rings (SSSR count). The molecular formula is C29H41N3O4. The Balaban J connectivity index is 1.45. The summed E-state index contributed by atoms with van der Waals surface area (Å²) in [4.78, 5) is 29.6. The van der Waals surface area contributed by atoms with E-state index in [1.54, 1.807) is 14.2 Å². The number of allylic oxidation sites excluding steroid dienone is 2. The number of hydrogen-bond acceptors (Lipinski definition) is 5. The minimum absolute atomic E-state index is 0.00260. The lowest BCUT2D eigenvalue weighted by Gasteiger charge is -2.48. The Bertz CT molecular complexity index is 1040. The quantitative estimate of drug-likeness (QED) is 0.341. The second kappa shape index (κ2) is 9.40. The van der Waals surface area contributed by atoms with Gasteiger partial charge in [-0.2, -0.15) is 0 Å². The third kappa shape index (κ3) is 3.57. The second-order valence-corrected chi connectivity index (χ2v) is 11.4. The molecule has 2 amide bonds. The van der Waals surface area contributed by atoms with Crippen molar-refractivity contribution in [3.05, 3.63) is 35.9 Å². The number of nitrogens with zero attached hydrogens (tertiary/aromatic N) is 1. The predicted octanol–water partition coefficient (Wildman–Crippen LogP) is 3.44. The number of unbranched alkanes of at least 4 members (excludes halogenated alkanes) is 1. The number of likely N-dealkylation sites (tertiary alicyclic amines) is 1. The molecule has 7 nitrogen and oxygen atoms in total. The number of carbonyl (C=O) groups excluding carboxylic acids is 2. The van der Waals surface area contributed by atoms with Gasteiger partial charge in [-0.25, -0.2) is 0 Å². The number of benzene rings is 1. The van der Waals surface area contributed by atoms with E-state index >= 15 is 0 Å².